The first kappa shape index (κ1) is 11.5. The molecule has 1 aromatic carbocycles. The number of nitrogens with one attached hydrogen (secondary N) is 1. The van der Waals surface area contributed by atoms with E-state index in [1.54, 1.807) is 0 Å². The van der Waals surface area contributed by atoms with Crippen LogP contribution in [0.3, 0.4) is 0 Å². The van der Waals surface area contributed by atoms with Crippen LogP contribution in [-0.2, 0) is 13.1 Å². The third kappa shape index (κ3) is 2.38. The highest BCUT2D eigenvalue weighted by Gasteiger charge is 2.15. The molecular weight excluding hydrogens is 196 g/mol. The van der Waals surface area contributed by atoms with Crippen LogP contribution in [0.4, 0.5) is 5.69 Å². The van der Waals surface area contributed by atoms with Crippen molar-refractivity contribution in [3.63, 3.8) is 0 Å². The summed E-state index contributed by atoms with van der Waals surface area (Å²) in [5.74, 6) is 0. The molecule has 0 aliphatic carbocycles. The molecule has 0 fully saturated rings. The minimum atomic E-state index is 0.609. The fraction of sp³-hybridized carbons (Fsp3) is 0.571. The van der Waals surface area contributed by atoms with Gasteiger partial charge in [0.25, 0.3) is 0 Å². The van der Waals surface area contributed by atoms with Gasteiger partial charge in [-0.3, -0.25) is 4.90 Å². The fourth-order valence-electron chi connectivity index (χ4n) is 2.38. The molecule has 2 nitrogen and oxygen atoms in total. The second kappa shape index (κ2) is 4.88. The van der Waals surface area contributed by atoms with E-state index >= 15 is 0 Å². The van der Waals surface area contributed by atoms with Gasteiger partial charge in [-0.1, -0.05) is 19.9 Å². The largest absolute Gasteiger partial charge is 0.382 e. The smallest absolute Gasteiger partial charge is 0.0345 e. The topological polar surface area (TPSA) is 15.3 Å². The maximum Gasteiger partial charge on any atom is 0.0345 e. The lowest BCUT2D eigenvalue weighted by Crippen LogP contribution is -2.16. The number of benzene rings is 1. The molecule has 1 heterocycles. The summed E-state index contributed by atoms with van der Waals surface area (Å²) >= 11 is 0. The van der Waals surface area contributed by atoms with Crippen molar-refractivity contribution in [3.8, 4) is 0 Å². The molecule has 2 rings (SSSR count). The minimum absolute atomic E-state index is 0.609. The first-order valence-corrected chi connectivity index (χ1v) is 6.29. The molecule has 1 aliphatic heterocycles. The summed E-state index contributed by atoms with van der Waals surface area (Å²) in [6.07, 6.45) is 2.38. The van der Waals surface area contributed by atoms with Crippen LogP contribution in [0.2, 0.25) is 0 Å². The summed E-state index contributed by atoms with van der Waals surface area (Å²) in [6.45, 7) is 6.67. The zero-order valence-corrected chi connectivity index (χ0v) is 10.6. The van der Waals surface area contributed by atoms with Gasteiger partial charge in [0.2, 0.25) is 0 Å². The van der Waals surface area contributed by atoms with Gasteiger partial charge in [-0.05, 0) is 43.1 Å². The lowest BCUT2D eigenvalue weighted by molar-refractivity contribution is 0.353. The van der Waals surface area contributed by atoms with Crippen molar-refractivity contribution in [3.05, 3.63) is 29.3 Å². The van der Waals surface area contributed by atoms with E-state index < -0.39 is 0 Å². The van der Waals surface area contributed by atoms with Gasteiger partial charge in [-0.15, -0.1) is 0 Å². The average molecular weight is 218 g/mol. The molecule has 0 aromatic heterocycles. The van der Waals surface area contributed by atoms with Gasteiger partial charge in [0.05, 0.1) is 0 Å². The van der Waals surface area contributed by atoms with Gasteiger partial charge in [0.15, 0.2) is 0 Å². The number of hydrogen-bond acceptors (Lipinski definition) is 2. The van der Waals surface area contributed by atoms with Gasteiger partial charge in [0, 0.05) is 24.8 Å². The van der Waals surface area contributed by atoms with Crippen LogP contribution in [0.15, 0.2) is 18.2 Å². The van der Waals surface area contributed by atoms with Crippen LogP contribution >= 0.6 is 0 Å². The van der Waals surface area contributed by atoms with Gasteiger partial charge in [-0.25, -0.2) is 0 Å². The van der Waals surface area contributed by atoms with Crippen molar-refractivity contribution >= 4 is 5.69 Å². The van der Waals surface area contributed by atoms with Gasteiger partial charge < -0.3 is 5.32 Å². The third-order valence-corrected chi connectivity index (χ3v) is 3.44. The summed E-state index contributed by atoms with van der Waals surface area (Å²) < 4.78 is 0. The molecule has 1 aromatic rings. The van der Waals surface area contributed by atoms with Crippen LogP contribution in [0.1, 0.15) is 37.8 Å². The molecule has 1 N–H and O–H groups in total. The van der Waals surface area contributed by atoms with Crippen LogP contribution in [0.5, 0.6) is 0 Å². The maximum atomic E-state index is 3.60. The summed E-state index contributed by atoms with van der Waals surface area (Å²) in [7, 11) is 2.17. The highest BCUT2D eigenvalue weighted by molar-refractivity contribution is 5.50. The first-order chi connectivity index (χ1) is 7.72. The fourth-order valence-corrected chi connectivity index (χ4v) is 2.38. The van der Waals surface area contributed by atoms with Gasteiger partial charge in [0.1, 0.15) is 0 Å². The van der Waals surface area contributed by atoms with Crippen molar-refractivity contribution < 1.29 is 0 Å². The molecule has 2 heteroatoms. The molecule has 0 radical (unpaired) electrons. The Morgan fingerprint density at radius 1 is 1.19 bits per heavy atom. The molecule has 0 saturated carbocycles. The van der Waals surface area contributed by atoms with Crippen molar-refractivity contribution in [1.29, 1.82) is 0 Å². The quantitative estimate of drug-likeness (QED) is 0.834. The van der Waals surface area contributed by atoms with Crippen molar-refractivity contribution in [2.75, 3.05) is 12.4 Å². The average Bonchev–Trinajstić information content (AvgIpc) is 2.65. The molecule has 0 spiro atoms. The Morgan fingerprint density at radius 2 is 1.88 bits per heavy atom. The number of rotatable bonds is 4. The van der Waals surface area contributed by atoms with E-state index in [2.05, 4.69) is 49.3 Å². The molecule has 1 aliphatic rings. The Morgan fingerprint density at radius 3 is 2.56 bits per heavy atom. The Labute approximate surface area is 98.7 Å². The Hall–Kier alpha value is -1.02. The number of nitrogens with zero attached hydrogens (tertiary/aromatic N) is 1. The number of anilines is 1. The molecule has 0 amide bonds. The summed E-state index contributed by atoms with van der Waals surface area (Å²) in [4.78, 5) is 2.35. The second-order valence-corrected chi connectivity index (χ2v) is 4.81. The predicted molar refractivity (Wildman–Crippen MR) is 69.6 cm³/mol. The summed E-state index contributed by atoms with van der Waals surface area (Å²) in [5.41, 5.74) is 4.25. The molecule has 0 atom stereocenters. The zero-order valence-electron chi connectivity index (χ0n) is 10.6. The Bertz CT molecular complexity index is 356. The highest BCUT2D eigenvalue weighted by atomic mass is 15.1. The zero-order chi connectivity index (χ0) is 11.5. The third-order valence-electron chi connectivity index (χ3n) is 3.44. The highest BCUT2D eigenvalue weighted by Crippen LogP contribution is 2.25. The van der Waals surface area contributed by atoms with E-state index in [1.807, 2.05) is 0 Å². The van der Waals surface area contributed by atoms with E-state index in [1.165, 1.54) is 29.7 Å². The Balaban J connectivity index is 2.10. The van der Waals surface area contributed by atoms with E-state index in [9.17, 15) is 0 Å². The second-order valence-electron chi connectivity index (χ2n) is 4.81. The van der Waals surface area contributed by atoms with E-state index in [0.717, 1.165) is 13.1 Å². The first-order valence-electron chi connectivity index (χ1n) is 6.29. The molecule has 0 bridgehead atoms. The SMILES string of the molecule is CCC(CC)Nc1ccc2c(c1)CN(C)C2. The van der Waals surface area contributed by atoms with Gasteiger partial charge in [-0.2, -0.15) is 0 Å². The van der Waals surface area contributed by atoms with Crippen LogP contribution in [-0.4, -0.2) is 18.0 Å². The van der Waals surface area contributed by atoms with Crippen molar-refractivity contribution in [2.24, 2.45) is 0 Å². The lowest BCUT2D eigenvalue weighted by atomic mass is 10.1. The Kier molecular flexibility index (Phi) is 3.49. The maximum absolute atomic E-state index is 3.60. The van der Waals surface area contributed by atoms with Crippen molar-refractivity contribution in [1.82, 2.24) is 4.90 Å². The standard InChI is InChI=1S/C14H22N2/c1-4-13(5-2)15-14-7-6-11-9-16(3)10-12(11)8-14/h6-8,13,15H,4-5,9-10H2,1-3H3. The number of fused-ring (bicyclic) bond motifs is 1. The normalized spacial score (nSPS) is 15.5. The molecule has 16 heavy (non-hydrogen) atoms. The molecule has 88 valence electrons. The molecular formula is C14H22N2. The van der Waals surface area contributed by atoms with Gasteiger partial charge >= 0.3 is 0 Å². The molecule has 0 unspecified atom stereocenters. The van der Waals surface area contributed by atoms with E-state index in [0.29, 0.717) is 6.04 Å². The van der Waals surface area contributed by atoms with Crippen LogP contribution in [0, 0.1) is 0 Å². The summed E-state index contributed by atoms with van der Waals surface area (Å²) in [6, 6.07) is 7.41. The van der Waals surface area contributed by atoms with E-state index in [-0.39, 0.29) is 0 Å². The van der Waals surface area contributed by atoms with Crippen molar-refractivity contribution in [2.45, 2.75) is 45.8 Å². The minimum Gasteiger partial charge on any atom is -0.382 e. The summed E-state index contributed by atoms with van der Waals surface area (Å²) in [5, 5.41) is 3.60. The van der Waals surface area contributed by atoms with E-state index in [4.69, 9.17) is 0 Å². The van der Waals surface area contributed by atoms with Crippen LogP contribution < -0.4 is 5.32 Å². The number of hydrogen-bond donors (Lipinski definition) is 1. The molecule has 0 saturated heterocycles. The lowest BCUT2D eigenvalue weighted by Gasteiger charge is -2.16. The monoisotopic (exact) mass is 218 g/mol. The predicted octanol–water partition coefficient (Wildman–Crippen LogP) is 3.23. The van der Waals surface area contributed by atoms with Crippen LogP contribution in [0.25, 0.3) is 0 Å².